The van der Waals surface area contributed by atoms with Crippen LogP contribution < -0.4 is 10.6 Å². The zero-order valence-corrected chi connectivity index (χ0v) is 18.4. The average molecular weight is 508 g/mol. The molecular weight excluding hydrogens is 485 g/mol. The summed E-state index contributed by atoms with van der Waals surface area (Å²) in [7, 11) is -3.31. The maximum absolute atomic E-state index is 12.3. The second-order valence-corrected chi connectivity index (χ2v) is 7.93. The van der Waals surface area contributed by atoms with Crippen LogP contribution in [0, 0.1) is 0 Å². The third-order valence-corrected chi connectivity index (χ3v) is 5.39. The van der Waals surface area contributed by atoms with Crippen molar-refractivity contribution in [3.05, 3.63) is 65.2 Å². The highest BCUT2D eigenvalue weighted by Gasteiger charge is 2.13. The zero-order chi connectivity index (χ0) is 18.1. The fraction of sp³-hybridized carbons (Fsp3) is 0.278. The smallest absolute Gasteiger partial charge is 0.191 e. The van der Waals surface area contributed by atoms with Gasteiger partial charge in [0.15, 0.2) is 15.8 Å². The van der Waals surface area contributed by atoms with Gasteiger partial charge in [-0.05, 0) is 36.8 Å². The van der Waals surface area contributed by atoms with Crippen LogP contribution in [0.1, 0.15) is 12.5 Å². The van der Waals surface area contributed by atoms with Crippen molar-refractivity contribution in [2.45, 2.75) is 18.4 Å². The fourth-order valence-corrected chi connectivity index (χ4v) is 3.59. The lowest BCUT2D eigenvalue weighted by atomic mass is 10.2. The summed E-state index contributed by atoms with van der Waals surface area (Å²) in [4.78, 5) is 4.79. The van der Waals surface area contributed by atoms with Gasteiger partial charge in [0.1, 0.15) is 0 Å². The summed E-state index contributed by atoms with van der Waals surface area (Å²) in [6.07, 6.45) is 0. The SMILES string of the molecule is CCNC(=NCc1cccc(Cl)c1)NCCS(=O)(=O)c1ccccc1.I. The molecule has 5 nitrogen and oxygen atoms in total. The Kier molecular flexibility index (Phi) is 9.97. The second-order valence-electron chi connectivity index (χ2n) is 5.38. The van der Waals surface area contributed by atoms with Gasteiger partial charge in [-0.15, -0.1) is 24.0 Å². The van der Waals surface area contributed by atoms with Crippen molar-refractivity contribution in [3.63, 3.8) is 0 Å². The third kappa shape index (κ3) is 7.51. The number of guanidine groups is 1. The Hall–Kier alpha value is -1.32. The van der Waals surface area contributed by atoms with Crippen LogP contribution in [0.25, 0.3) is 0 Å². The topological polar surface area (TPSA) is 70.6 Å². The van der Waals surface area contributed by atoms with Crippen molar-refractivity contribution < 1.29 is 8.42 Å². The molecule has 2 aromatic carbocycles. The van der Waals surface area contributed by atoms with E-state index in [0.29, 0.717) is 29.0 Å². The van der Waals surface area contributed by atoms with Crippen molar-refractivity contribution in [1.82, 2.24) is 10.6 Å². The fourth-order valence-electron chi connectivity index (χ4n) is 2.20. The summed E-state index contributed by atoms with van der Waals surface area (Å²) < 4.78 is 24.5. The van der Waals surface area contributed by atoms with Gasteiger partial charge in [0.2, 0.25) is 0 Å². The molecule has 142 valence electrons. The second kappa shape index (κ2) is 11.4. The summed E-state index contributed by atoms with van der Waals surface area (Å²) >= 11 is 5.97. The zero-order valence-electron chi connectivity index (χ0n) is 14.5. The molecule has 8 heteroatoms. The van der Waals surface area contributed by atoms with E-state index < -0.39 is 9.84 Å². The van der Waals surface area contributed by atoms with Crippen LogP contribution in [0.4, 0.5) is 0 Å². The molecule has 0 saturated heterocycles. The van der Waals surface area contributed by atoms with Crippen molar-refractivity contribution in [2.24, 2.45) is 4.99 Å². The Bertz CT molecular complexity index is 814. The van der Waals surface area contributed by atoms with E-state index in [0.717, 1.165) is 5.56 Å². The molecule has 0 aliphatic rings. The lowest BCUT2D eigenvalue weighted by Gasteiger charge is -2.11. The predicted octanol–water partition coefficient (Wildman–Crippen LogP) is 3.49. The number of nitrogens with one attached hydrogen (secondary N) is 2. The molecule has 0 amide bonds. The van der Waals surface area contributed by atoms with E-state index in [9.17, 15) is 8.42 Å². The Morgan fingerprint density at radius 3 is 2.46 bits per heavy atom. The number of rotatable bonds is 7. The summed E-state index contributed by atoms with van der Waals surface area (Å²) in [5.41, 5.74) is 0.988. The van der Waals surface area contributed by atoms with Gasteiger partial charge in [0, 0.05) is 18.1 Å². The first-order valence-corrected chi connectivity index (χ1v) is 10.1. The van der Waals surface area contributed by atoms with Crippen LogP contribution in [0.2, 0.25) is 5.02 Å². The van der Waals surface area contributed by atoms with Gasteiger partial charge >= 0.3 is 0 Å². The molecule has 0 radical (unpaired) electrons. The van der Waals surface area contributed by atoms with E-state index in [-0.39, 0.29) is 36.3 Å². The number of nitrogens with zero attached hydrogens (tertiary/aromatic N) is 1. The van der Waals surface area contributed by atoms with E-state index in [2.05, 4.69) is 15.6 Å². The molecule has 0 aliphatic heterocycles. The number of aliphatic imine (C=N–C) groups is 1. The minimum absolute atomic E-state index is 0. The van der Waals surface area contributed by atoms with Crippen LogP contribution >= 0.6 is 35.6 Å². The Labute approximate surface area is 177 Å². The van der Waals surface area contributed by atoms with Gasteiger partial charge in [-0.3, -0.25) is 0 Å². The molecular formula is C18H23ClIN3O2S. The van der Waals surface area contributed by atoms with Crippen LogP contribution in [0.3, 0.4) is 0 Å². The lowest BCUT2D eigenvalue weighted by Crippen LogP contribution is -2.39. The lowest BCUT2D eigenvalue weighted by molar-refractivity contribution is 0.594. The molecule has 2 aromatic rings. The first kappa shape index (κ1) is 22.7. The molecule has 0 aliphatic carbocycles. The maximum atomic E-state index is 12.3. The summed E-state index contributed by atoms with van der Waals surface area (Å²) in [5, 5.41) is 6.83. The number of halogens is 2. The van der Waals surface area contributed by atoms with Crippen molar-refractivity contribution in [1.29, 1.82) is 0 Å². The normalized spacial score (nSPS) is 11.5. The Morgan fingerprint density at radius 1 is 1.08 bits per heavy atom. The number of hydrogen-bond donors (Lipinski definition) is 2. The molecule has 0 atom stereocenters. The highest BCUT2D eigenvalue weighted by atomic mass is 127. The summed E-state index contributed by atoms with van der Waals surface area (Å²) in [5.74, 6) is 0.573. The average Bonchev–Trinajstić information content (AvgIpc) is 2.60. The van der Waals surface area contributed by atoms with Crippen molar-refractivity contribution in [3.8, 4) is 0 Å². The summed E-state index contributed by atoms with van der Waals surface area (Å²) in [6.45, 7) is 3.38. The van der Waals surface area contributed by atoms with Crippen molar-refractivity contribution in [2.75, 3.05) is 18.8 Å². The Morgan fingerprint density at radius 2 is 1.81 bits per heavy atom. The molecule has 0 unspecified atom stereocenters. The van der Waals surface area contributed by atoms with Gasteiger partial charge in [-0.1, -0.05) is 41.9 Å². The number of sulfone groups is 1. The quantitative estimate of drug-likeness (QED) is 0.342. The molecule has 0 heterocycles. The van der Waals surface area contributed by atoms with Gasteiger partial charge in [0.05, 0.1) is 17.2 Å². The highest BCUT2D eigenvalue weighted by molar-refractivity contribution is 14.0. The van der Waals surface area contributed by atoms with E-state index >= 15 is 0 Å². The van der Waals surface area contributed by atoms with Gasteiger partial charge < -0.3 is 10.6 Å². The monoisotopic (exact) mass is 507 g/mol. The van der Waals surface area contributed by atoms with Crippen LogP contribution in [-0.2, 0) is 16.4 Å². The number of benzene rings is 2. The minimum atomic E-state index is -3.31. The maximum Gasteiger partial charge on any atom is 0.191 e. The molecule has 0 aromatic heterocycles. The molecule has 26 heavy (non-hydrogen) atoms. The summed E-state index contributed by atoms with van der Waals surface area (Å²) in [6, 6.07) is 15.9. The van der Waals surface area contributed by atoms with Gasteiger partial charge in [-0.25, -0.2) is 13.4 Å². The van der Waals surface area contributed by atoms with Crippen LogP contribution in [0.15, 0.2) is 64.5 Å². The molecule has 0 fully saturated rings. The first-order valence-electron chi connectivity index (χ1n) is 8.05. The minimum Gasteiger partial charge on any atom is -0.357 e. The van der Waals surface area contributed by atoms with Gasteiger partial charge in [0.25, 0.3) is 0 Å². The molecule has 0 bridgehead atoms. The molecule has 2 rings (SSSR count). The largest absolute Gasteiger partial charge is 0.357 e. The standard InChI is InChI=1S/C18H22ClN3O2S.HI/c1-2-20-18(22-14-15-7-6-8-16(19)13-15)21-11-12-25(23,24)17-9-4-3-5-10-17;/h3-10,13H,2,11-12,14H2,1H3,(H2,20,21,22);1H. The third-order valence-electron chi connectivity index (χ3n) is 3.42. The van der Waals surface area contributed by atoms with E-state index in [1.807, 2.05) is 31.2 Å². The van der Waals surface area contributed by atoms with Crippen LogP contribution in [0.5, 0.6) is 0 Å². The van der Waals surface area contributed by atoms with E-state index in [1.165, 1.54) is 0 Å². The van der Waals surface area contributed by atoms with Crippen molar-refractivity contribution >= 4 is 51.4 Å². The van der Waals surface area contributed by atoms with E-state index in [1.54, 1.807) is 30.3 Å². The first-order chi connectivity index (χ1) is 12.0. The predicted molar refractivity (Wildman–Crippen MR) is 118 cm³/mol. The Balaban J connectivity index is 0.00000338. The highest BCUT2D eigenvalue weighted by Crippen LogP contribution is 2.11. The number of hydrogen-bond acceptors (Lipinski definition) is 3. The van der Waals surface area contributed by atoms with Gasteiger partial charge in [-0.2, -0.15) is 0 Å². The van der Waals surface area contributed by atoms with Crippen LogP contribution in [-0.4, -0.2) is 33.2 Å². The molecule has 2 N–H and O–H groups in total. The molecule has 0 spiro atoms. The van der Waals surface area contributed by atoms with E-state index in [4.69, 9.17) is 11.6 Å². The molecule has 0 saturated carbocycles.